The van der Waals surface area contributed by atoms with E-state index >= 15 is 0 Å². The molecule has 0 aromatic carbocycles. The molecule has 0 spiro atoms. The molecule has 10 heteroatoms. The normalized spacial score (nSPS) is 15.5. The zero-order chi connectivity index (χ0) is 22.2. The Morgan fingerprint density at radius 2 is 2.13 bits per heavy atom. The fourth-order valence-electron chi connectivity index (χ4n) is 3.69. The van der Waals surface area contributed by atoms with Crippen LogP contribution in [0.2, 0.25) is 0 Å². The zero-order valence-corrected chi connectivity index (χ0v) is 17.8. The molecular weight excluding hydrogens is 416 g/mol. The second kappa shape index (κ2) is 10.4. The lowest BCUT2D eigenvalue weighted by atomic mass is 10.0. The fourth-order valence-corrected chi connectivity index (χ4v) is 3.69. The molecule has 0 saturated carbocycles. The van der Waals surface area contributed by atoms with Crippen LogP contribution in [0, 0.1) is 18.3 Å². The molecule has 31 heavy (non-hydrogen) atoms. The number of fused-ring (bicyclic) bond motifs is 1. The SMILES string of the molecule is Cc1ccc(-c2cnc3[nH]ccc3c2N[C@@H]2CCCN(C(=O)CC#N)C2)nc1.O=S=O. The number of aromatic amines is 1. The van der Waals surface area contributed by atoms with E-state index in [4.69, 9.17) is 13.7 Å². The number of piperidine rings is 1. The summed E-state index contributed by atoms with van der Waals surface area (Å²) in [4.78, 5) is 26.2. The molecule has 1 aliphatic heterocycles. The minimum Gasteiger partial charge on any atom is -0.379 e. The molecule has 160 valence electrons. The number of aryl methyl sites for hydroxylation is 1. The Morgan fingerprint density at radius 1 is 1.32 bits per heavy atom. The first-order chi connectivity index (χ1) is 15.1. The molecule has 0 unspecified atom stereocenters. The number of hydrogen-bond donors (Lipinski definition) is 2. The van der Waals surface area contributed by atoms with Crippen LogP contribution < -0.4 is 5.32 Å². The minimum atomic E-state index is -0.750. The van der Waals surface area contributed by atoms with Crippen LogP contribution in [-0.4, -0.2) is 53.3 Å². The number of nitrogens with one attached hydrogen (secondary N) is 2. The van der Waals surface area contributed by atoms with Gasteiger partial charge in [-0.05, 0) is 37.5 Å². The summed E-state index contributed by atoms with van der Waals surface area (Å²) < 4.78 is 16.6. The van der Waals surface area contributed by atoms with E-state index in [1.807, 2.05) is 49.8 Å². The molecule has 1 aliphatic rings. The van der Waals surface area contributed by atoms with Crippen molar-refractivity contribution >= 4 is 34.2 Å². The van der Waals surface area contributed by atoms with Gasteiger partial charge in [0.1, 0.15) is 12.1 Å². The van der Waals surface area contributed by atoms with Gasteiger partial charge in [0.05, 0.1) is 17.5 Å². The molecule has 0 radical (unpaired) electrons. The maximum atomic E-state index is 12.1. The average Bonchev–Trinajstić information content (AvgIpc) is 3.25. The number of amides is 1. The minimum absolute atomic E-state index is 0.0669. The van der Waals surface area contributed by atoms with Crippen LogP contribution in [0.4, 0.5) is 5.69 Å². The van der Waals surface area contributed by atoms with E-state index in [1.54, 1.807) is 4.90 Å². The maximum Gasteiger partial charge on any atom is 0.335 e. The molecule has 1 amide bonds. The summed E-state index contributed by atoms with van der Waals surface area (Å²) in [6.45, 7) is 3.31. The number of hydrogen-bond acceptors (Lipinski definition) is 7. The van der Waals surface area contributed by atoms with Crippen molar-refractivity contribution in [2.75, 3.05) is 18.4 Å². The second-order valence-corrected chi connectivity index (χ2v) is 7.37. The van der Waals surface area contributed by atoms with E-state index < -0.39 is 11.6 Å². The van der Waals surface area contributed by atoms with Crippen molar-refractivity contribution in [3.63, 3.8) is 0 Å². The molecule has 0 aliphatic carbocycles. The number of carbonyl (C=O) groups excluding carboxylic acids is 1. The molecule has 4 rings (SSSR count). The highest BCUT2D eigenvalue weighted by atomic mass is 32.1. The summed E-state index contributed by atoms with van der Waals surface area (Å²) in [5.41, 5.74) is 4.69. The van der Waals surface area contributed by atoms with Gasteiger partial charge < -0.3 is 15.2 Å². The van der Waals surface area contributed by atoms with Crippen molar-refractivity contribution in [2.45, 2.75) is 32.2 Å². The highest BCUT2D eigenvalue weighted by Gasteiger charge is 2.25. The third-order valence-electron chi connectivity index (χ3n) is 5.13. The van der Waals surface area contributed by atoms with E-state index in [0.29, 0.717) is 13.1 Å². The van der Waals surface area contributed by atoms with Gasteiger partial charge in [-0.15, -0.1) is 0 Å². The lowest BCUT2D eigenvalue weighted by Gasteiger charge is -2.34. The van der Waals surface area contributed by atoms with Crippen molar-refractivity contribution in [2.24, 2.45) is 0 Å². The smallest absolute Gasteiger partial charge is 0.335 e. The van der Waals surface area contributed by atoms with E-state index in [1.165, 1.54) is 0 Å². The summed E-state index contributed by atoms with van der Waals surface area (Å²) in [6, 6.07) is 8.11. The first-order valence-corrected chi connectivity index (χ1v) is 10.5. The number of pyridine rings is 2. The van der Waals surface area contributed by atoms with Gasteiger partial charge in [-0.2, -0.15) is 13.7 Å². The van der Waals surface area contributed by atoms with Gasteiger partial charge in [0.25, 0.3) is 0 Å². The van der Waals surface area contributed by atoms with Crippen molar-refractivity contribution in [3.8, 4) is 17.3 Å². The number of aromatic nitrogens is 3. The van der Waals surface area contributed by atoms with Crippen molar-refractivity contribution in [1.82, 2.24) is 19.9 Å². The molecular formula is C21H22N6O3S. The summed E-state index contributed by atoms with van der Waals surface area (Å²) in [6.07, 6.45) is 7.37. The van der Waals surface area contributed by atoms with Gasteiger partial charge in [0.15, 0.2) is 0 Å². The van der Waals surface area contributed by atoms with Crippen LogP contribution in [-0.2, 0) is 16.4 Å². The summed E-state index contributed by atoms with van der Waals surface area (Å²) in [7, 11) is 0. The van der Waals surface area contributed by atoms with Gasteiger partial charge in [-0.25, -0.2) is 4.98 Å². The maximum absolute atomic E-state index is 12.1. The number of anilines is 1. The predicted octanol–water partition coefficient (Wildman–Crippen LogP) is 2.58. The third-order valence-corrected chi connectivity index (χ3v) is 5.13. The van der Waals surface area contributed by atoms with Crippen LogP contribution in [0.3, 0.4) is 0 Å². The van der Waals surface area contributed by atoms with Crippen LogP contribution in [0.5, 0.6) is 0 Å². The van der Waals surface area contributed by atoms with Crippen molar-refractivity contribution < 1.29 is 13.2 Å². The monoisotopic (exact) mass is 438 g/mol. The average molecular weight is 439 g/mol. The fraction of sp³-hybridized carbons (Fsp3) is 0.333. The number of likely N-dealkylation sites (tertiary alicyclic amines) is 1. The first-order valence-electron chi connectivity index (χ1n) is 9.79. The summed E-state index contributed by atoms with van der Waals surface area (Å²) in [5.74, 6) is -0.101. The Bertz CT molecular complexity index is 1130. The van der Waals surface area contributed by atoms with Gasteiger partial charge in [-0.3, -0.25) is 9.78 Å². The predicted molar refractivity (Wildman–Crippen MR) is 116 cm³/mol. The topological polar surface area (TPSA) is 132 Å². The number of nitrogens with zero attached hydrogens (tertiary/aromatic N) is 4. The number of carbonyl (C=O) groups is 1. The van der Waals surface area contributed by atoms with E-state index in [2.05, 4.69) is 20.3 Å². The Kier molecular flexibility index (Phi) is 7.45. The zero-order valence-electron chi connectivity index (χ0n) is 17.0. The lowest BCUT2D eigenvalue weighted by molar-refractivity contribution is -0.131. The molecule has 3 aromatic heterocycles. The molecule has 0 bridgehead atoms. The molecule has 1 fully saturated rings. The number of rotatable bonds is 4. The largest absolute Gasteiger partial charge is 0.379 e. The molecule has 1 saturated heterocycles. The third kappa shape index (κ3) is 5.32. The molecule has 3 aromatic rings. The van der Waals surface area contributed by atoms with Crippen molar-refractivity contribution in [3.05, 3.63) is 42.4 Å². The molecule has 2 N–H and O–H groups in total. The lowest BCUT2D eigenvalue weighted by Crippen LogP contribution is -2.45. The van der Waals surface area contributed by atoms with E-state index in [-0.39, 0.29) is 18.4 Å². The van der Waals surface area contributed by atoms with E-state index in [0.717, 1.165) is 46.4 Å². The van der Waals surface area contributed by atoms with Crippen LogP contribution >= 0.6 is 0 Å². The van der Waals surface area contributed by atoms with Crippen LogP contribution in [0.1, 0.15) is 24.8 Å². The Labute approximate surface area is 183 Å². The Hall–Kier alpha value is -3.58. The summed E-state index contributed by atoms with van der Waals surface area (Å²) >= 11 is -0.750. The highest BCUT2D eigenvalue weighted by molar-refractivity contribution is 7.51. The van der Waals surface area contributed by atoms with Crippen molar-refractivity contribution in [1.29, 1.82) is 5.26 Å². The molecule has 1 atom stereocenters. The van der Waals surface area contributed by atoms with Crippen LogP contribution in [0.25, 0.3) is 22.3 Å². The molecule has 4 heterocycles. The number of nitriles is 1. The van der Waals surface area contributed by atoms with Gasteiger partial charge in [-0.1, -0.05) is 6.07 Å². The first kappa shape index (κ1) is 22.1. The molecule has 9 nitrogen and oxygen atoms in total. The quantitative estimate of drug-likeness (QED) is 0.640. The van der Waals surface area contributed by atoms with Gasteiger partial charge in [0, 0.05) is 48.7 Å². The van der Waals surface area contributed by atoms with Gasteiger partial charge >= 0.3 is 11.6 Å². The van der Waals surface area contributed by atoms with Gasteiger partial charge in [0.2, 0.25) is 5.91 Å². The summed E-state index contributed by atoms with van der Waals surface area (Å²) in [5, 5.41) is 13.5. The standard InChI is InChI=1S/C21H22N6O.O2S/c1-14-4-5-18(24-11-14)17-12-25-21-16(7-9-23-21)20(17)26-15-3-2-10-27(13-15)19(28)6-8-22;1-3-2/h4-5,7,9,11-12,15H,2-3,6,10,13H2,1H3,(H2,23,25,26);/t15-;/m1./s1. The Morgan fingerprint density at radius 3 is 2.84 bits per heavy atom. The number of H-pyrrole nitrogens is 1. The second-order valence-electron chi connectivity index (χ2n) is 7.23. The van der Waals surface area contributed by atoms with Crippen LogP contribution in [0.15, 0.2) is 36.8 Å². The highest BCUT2D eigenvalue weighted by Crippen LogP contribution is 2.33. The Balaban J connectivity index is 0.000000858. The van der Waals surface area contributed by atoms with E-state index in [9.17, 15) is 4.79 Å².